The van der Waals surface area contributed by atoms with E-state index in [1.54, 1.807) is 0 Å². The third-order valence-corrected chi connectivity index (χ3v) is 4.40. The van der Waals surface area contributed by atoms with E-state index in [9.17, 15) is 5.11 Å². The topological polar surface area (TPSA) is 32.3 Å². The Morgan fingerprint density at radius 3 is 2.44 bits per heavy atom. The molecule has 0 aromatic heterocycles. The average Bonchev–Trinajstić information content (AvgIpc) is 2.36. The molecule has 0 saturated heterocycles. The van der Waals surface area contributed by atoms with Crippen LogP contribution in [-0.2, 0) is 11.0 Å². The maximum absolute atomic E-state index is 9.43. The van der Waals surface area contributed by atoms with Gasteiger partial charge in [-0.25, -0.2) is 0 Å². The van der Waals surface area contributed by atoms with Crippen molar-refractivity contribution >= 4 is 0 Å². The van der Waals surface area contributed by atoms with Crippen molar-refractivity contribution in [2.24, 2.45) is 0 Å². The molecule has 100 valence electrons. The first-order valence-corrected chi connectivity index (χ1v) is 7.01. The predicted octanol–water partition coefficient (Wildman–Crippen LogP) is 2.95. The quantitative estimate of drug-likeness (QED) is 0.857. The normalized spacial score (nSPS) is 25.8. The van der Waals surface area contributed by atoms with Gasteiger partial charge < -0.3 is 10.4 Å². The van der Waals surface area contributed by atoms with Crippen molar-refractivity contribution < 1.29 is 5.11 Å². The molecule has 0 bridgehead atoms. The molecule has 0 saturated carbocycles. The van der Waals surface area contributed by atoms with Crippen LogP contribution in [0.4, 0.5) is 0 Å². The van der Waals surface area contributed by atoms with Gasteiger partial charge in [0.25, 0.3) is 0 Å². The molecule has 1 aliphatic carbocycles. The second kappa shape index (κ2) is 5.02. The fraction of sp³-hybridized carbons (Fsp3) is 0.625. The minimum atomic E-state index is -0.0321. The second-order valence-electron chi connectivity index (χ2n) is 6.02. The predicted molar refractivity (Wildman–Crippen MR) is 75.8 cm³/mol. The Morgan fingerprint density at radius 2 is 1.83 bits per heavy atom. The maximum Gasteiger partial charge on any atom is 0.0459 e. The van der Waals surface area contributed by atoms with Gasteiger partial charge in [-0.05, 0) is 42.3 Å². The molecule has 0 fully saturated rings. The van der Waals surface area contributed by atoms with Crippen LogP contribution in [0.15, 0.2) is 24.3 Å². The summed E-state index contributed by atoms with van der Waals surface area (Å²) in [6.07, 6.45) is 3.07. The van der Waals surface area contributed by atoms with E-state index in [1.807, 2.05) is 0 Å². The molecule has 2 rings (SSSR count). The first-order valence-electron chi connectivity index (χ1n) is 7.01. The molecule has 2 nitrogen and oxygen atoms in total. The van der Waals surface area contributed by atoms with Crippen molar-refractivity contribution in [3.05, 3.63) is 35.4 Å². The summed E-state index contributed by atoms with van der Waals surface area (Å²) >= 11 is 0. The zero-order chi connectivity index (χ0) is 13.2. The Hall–Kier alpha value is -0.860. The third-order valence-electron chi connectivity index (χ3n) is 4.40. The van der Waals surface area contributed by atoms with Crippen LogP contribution in [0.5, 0.6) is 0 Å². The van der Waals surface area contributed by atoms with Gasteiger partial charge in [-0.2, -0.15) is 0 Å². The van der Waals surface area contributed by atoms with Crippen LogP contribution in [0, 0.1) is 0 Å². The molecule has 0 aliphatic heterocycles. The van der Waals surface area contributed by atoms with Gasteiger partial charge in [0.15, 0.2) is 0 Å². The standard InChI is InChI=1S/C16H25NO/c1-4-17-16(11-12-18)10-9-15(2,3)13-7-5-6-8-14(13)16/h5-8,17-18H,4,9-12H2,1-3H3. The van der Waals surface area contributed by atoms with Crippen LogP contribution in [0.25, 0.3) is 0 Å². The highest BCUT2D eigenvalue weighted by atomic mass is 16.3. The fourth-order valence-electron chi connectivity index (χ4n) is 3.35. The first-order chi connectivity index (χ1) is 8.56. The first kappa shape index (κ1) is 13.6. The highest BCUT2D eigenvalue weighted by molar-refractivity contribution is 5.41. The number of hydrogen-bond acceptors (Lipinski definition) is 2. The summed E-state index contributed by atoms with van der Waals surface area (Å²) in [5.74, 6) is 0. The van der Waals surface area contributed by atoms with E-state index in [1.165, 1.54) is 11.1 Å². The van der Waals surface area contributed by atoms with Gasteiger partial charge in [0.05, 0.1) is 0 Å². The van der Waals surface area contributed by atoms with Gasteiger partial charge in [0.1, 0.15) is 0 Å². The molecular formula is C16H25NO. The highest BCUT2D eigenvalue weighted by Gasteiger charge is 2.41. The molecule has 0 spiro atoms. The van der Waals surface area contributed by atoms with Crippen LogP contribution < -0.4 is 5.32 Å². The smallest absolute Gasteiger partial charge is 0.0459 e. The second-order valence-corrected chi connectivity index (χ2v) is 6.02. The van der Waals surface area contributed by atoms with Gasteiger partial charge in [-0.15, -0.1) is 0 Å². The summed E-state index contributed by atoms with van der Waals surface area (Å²) < 4.78 is 0. The van der Waals surface area contributed by atoms with Crippen LogP contribution in [0.2, 0.25) is 0 Å². The van der Waals surface area contributed by atoms with E-state index < -0.39 is 0 Å². The summed E-state index contributed by atoms with van der Waals surface area (Å²) in [4.78, 5) is 0. The van der Waals surface area contributed by atoms with E-state index in [-0.39, 0.29) is 17.6 Å². The van der Waals surface area contributed by atoms with Crippen molar-refractivity contribution in [3.63, 3.8) is 0 Å². The largest absolute Gasteiger partial charge is 0.396 e. The highest BCUT2D eigenvalue weighted by Crippen LogP contribution is 2.45. The minimum Gasteiger partial charge on any atom is -0.396 e. The van der Waals surface area contributed by atoms with Crippen molar-refractivity contribution in [1.82, 2.24) is 5.32 Å². The summed E-state index contributed by atoms with van der Waals surface area (Å²) in [6, 6.07) is 8.72. The Balaban J connectivity index is 2.51. The Labute approximate surface area is 110 Å². The van der Waals surface area contributed by atoms with E-state index in [4.69, 9.17) is 0 Å². The molecule has 0 heterocycles. The van der Waals surface area contributed by atoms with Gasteiger partial charge in [-0.1, -0.05) is 45.0 Å². The number of hydrogen-bond donors (Lipinski definition) is 2. The Kier molecular flexibility index (Phi) is 3.79. The molecule has 18 heavy (non-hydrogen) atoms. The Bertz CT molecular complexity index is 405. The van der Waals surface area contributed by atoms with Crippen molar-refractivity contribution in [2.75, 3.05) is 13.2 Å². The van der Waals surface area contributed by atoms with Gasteiger partial charge in [-0.3, -0.25) is 0 Å². The van der Waals surface area contributed by atoms with Crippen molar-refractivity contribution in [1.29, 1.82) is 0 Å². The zero-order valence-corrected chi connectivity index (χ0v) is 11.8. The number of rotatable bonds is 4. The number of aliphatic hydroxyl groups is 1. The lowest BCUT2D eigenvalue weighted by Crippen LogP contribution is -2.48. The lowest BCUT2D eigenvalue weighted by molar-refractivity contribution is 0.174. The SMILES string of the molecule is CCNC1(CCO)CCC(C)(C)c2ccccc21. The van der Waals surface area contributed by atoms with E-state index in [2.05, 4.69) is 50.4 Å². The lowest BCUT2D eigenvalue weighted by atomic mass is 9.64. The fourth-order valence-corrected chi connectivity index (χ4v) is 3.35. The van der Waals surface area contributed by atoms with Gasteiger partial charge in [0.2, 0.25) is 0 Å². The molecule has 1 aliphatic rings. The molecule has 1 unspecified atom stereocenters. The number of aliphatic hydroxyl groups excluding tert-OH is 1. The van der Waals surface area contributed by atoms with Crippen LogP contribution in [0.1, 0.15) is 51.2 Å². The van der Waals surface area contributed by atoms with Crippen molar-refractivity contribution in [3.8, 4) is 0 Å². The zero-order valence-electron chi connectivity index (χ0n) is 11.8. The summed E-state index contributed by atoms with van der Waals surface area (Å²) in [5.41, 5.74) is 3.03. The van der Waals surface area contributed by atoms with Crippen LogP contribution >= 0.6 is 0 Å². The van der Waals surface area contributed by atoms with E-state index in [0.29, 0.717) is 0 Å². The number of fused-ring (bicyclic) bond motifs is 1. The van der Waals surface area contributed by atoms with E-state index in [0.717, 1.165) is 25.8 Å². The Morgan fingerprint density at radius 1 is 1.17 bits per heavy atom. The molecule has 1 aromatic rings. The average molecular weight is 247 g/mol. The van der Waals surface area contributed by atoms with Crippen LogP contribution in [-0.4, -0.2) is 18.3 Å². The summed E-state index contributed by atoms with van der Waals surface area (Å²) in [5, 5.41) is 13.1. The minimum absolute atomic E-state index is 0.0321. The monoisotopic (exact) mass is 247 g/mol. The summed E-state index contributed by atoms with van der Waals surface area (Å²) in [6.45, 7) is 7.96. The number of benzene rings is 1. The van der Waals surface area contributed by atoms with Crippen molar-refractivity contribution in [2.45, 2.75) is 51.0 Å². The number of nitrogens with one attached hydrogen (secondary N) is 1. The van der Waals surface area contributed by atoms with Gasteiger partial charge in [0, 0.05) is 12.1 Å². The molecule has 2 N–H and O–H groups in total. The van der Waals surface area contributed by atoms with Crippen LogP contribution in [0.3, 0.4) is 0 Å². The molecule has 1 aromatic carbocycles. The molecule has 1 atom stereocenters. The maximum atomic E-state index is 9.43. The molecule has 2 heteroatoms. The third kappa shape index (κ3) is 2.19. The molecule has 0 amide bonds. The van der Waals surface area contributed by atoms with E-state index >= 15 is 0 Å². The van der Waals surface area contributed by atoms with Gasteiger partial charge >= 0.3 is 0 Å². The summed E-state index contributed by atoms with van der Waals surface area (Å²) in [7, 11) is 0. The molecular weight excluding hydrogens is 222 g/mol. The lowest BCUT2D eigenvalue weighted by Gasteiger charge is -2.46. The molecule has 0 radical (unpaired) electrons.